The molecule has 2 N–H and O–H groups in total. The van der Waals surface area contributed by atoms with Crippen molar-refractivity contribution >= 4 is 17.8 Å². The lowest BCUT2D eigenvalue weighted by Gasteiger charge is -2.26. The van der Waals surface area contributed by atoms with Crippen LogP contribution in [0.2, 0.25) is 0 Å². The molecule has 9 nitrogen and oxygen atoms in total. The Hall–Kier alpha value is -4.76. The van der Waals surface area contributed by atoms with Crippen molar-refractivity contribution in [2.75, 3.05) is 7.11 Å². The zero-order chi connectivity index (χ0) is 24.8. The molecule has 0 bridgehead atoms. The van der Waals surface area contributed by atoms with E-state index < -0.39 is 16.4 Å². The molecular formula is C26H21N3O6. The van der Waals surface area contributed by atoms with Crippen LogP contribution in [0.5, 0.6) is 5.75 Å². The highest BCUT2D eigenvalue weighted by Gasteiger charge is 2.39. The standard InChI is InChI=1S/C26H21N3O6/c1-34-24-16-20(29(32)33)12-14-22(24)23-15-13-21(35-23)17-27-28-25(30)26(31,18-8-4-2-5-9-18)19-10-6-3-7-11-19/h2-17,31H,1H3,(H,28,30). The Morgan fingerprint density at radius 2 is 1.66 bits per heavy atom. The Kier molecular flexibility index (Phi) is 6.70. The molecule has 0 unspecified atom stereocenters. The fourth-order valence-corrected chi connectivity index (χ4v) is 3.59. The molecule has 0 saturated heterocycles. The first-order chi connectivity index (χ1) is 16.9. The number of ether oxygens (including phenoxy) is 1. The van der Waals surface area contributed by atoms with Gasteiger partial charge in [0.25, 0.3) is 11.6 Å². The van der Waals surface area contributed by atoms with Gasteiger partial charge in [0.2, 0.25) is 0 Å². The van der Waals surface area contributed by atoms with Crippen molar-refractivity contribution in [2.24, 2.45) is 5.10 Å². The minimum absolute atomic E-state index is 0.106. The summed E-state index contributed by atoms with van der Waals surface area (Å²) >= 11 is 0. The molecule has 4 aromatic rings. The summed E-state index contributed by atoms with van der Waals surface area (Å²) in [4.78, 5) is 23.6. The second-order valence-corrected chi connectivity index (χ2v) is 7.49. The number of benzene rings is 3. The monoisotopic (exact) mass is 471 g/mol. The van der Waals surface area contributed by atoms with Crippen molar-refractivity contribution in [1.29, 1.82) is 0 Å². The maximum absolute atomic E-state index is 13.1. The van der Waals surface area contributed by atoms with Gasteiger partial charge in [-0.05, 0) is 29.3 Å². The second kappa shape index (κ2) is 10.0. The van der Waals surface area contributed by atoms with E-state index in [1.54, 1.807) is 72.8 Å². The van der Waals surface area contributed by atoms with Crippen molar-refractivity contribution in [3.8, 4) is 17.1 Å². The van der Waals surface area contributed by atoms with Crippen LogP contribution >= 0.6 is 0 Å². The van der Waals surface area contributed by atoms with Gasteiger partial charge in [-0.2, -0.15) is 5.10 Å². The normalized spacial score (nSPS) is 11.4. The van der Waals surface area contributed by atoms with E-state index in [0.29, 0.717) is 28.2 Å². The molecule has 0 aliphatic heterocycles. The molecule has 1 heterocycles. The molecule has 4 rings (SSSR count). The van der Waals surface area contributed by atoms with Crippen LogP contribution in [0.15, 0.2) is 101 Å². The number of nitrogens with one attached hydrogen (secondary N) is 1. The number of furan rings is 1. The second-order valence-electron chi connectivity index (χ2n) is 7.49. The topological polar surface area (TPSA) is 127 Å². The highest BCUT2D eigenvalue weighted by atomic mass is 16.6. The third kappa shape index (κ3) is 4.80. The average molecular weight is 471 g/mol. The van der Waals surface area contributed by atoms with E-state index in [2.05, 4.69) is 10.5 Å². The van der Waals surface area contributed by atoms with Crippen LogP contribution in [0, 0.1) is 10.1 Å². The highest BCUT2D eigenvalue weighted by molar-refractivity contribution is 5.91. The number of aliphatic hydroxyl groups is 1. The van der Waals surface area contributed by atoms with E-state index in [4.69, 9.17) is 9.15 Å². The number of hydrogen-bond acceptors (Lipinski definition) is 7. The van der Waals surface area contributed by atoms with E-state index in [-0.39, 0.29) is 11.4 Å². The maximum atomic E-state index is 13.1. The van der Waals surface area contributed by atoms with Crippen LogP contribution in [0.25, 0.3) is 11.3 Å². The average Bonchev–Trinajstić information content (AvgIpc) is 3.37. The summed E-state index contributed by atoms with van der Waals surface area (Å²) in [5.74, 6) is 0.245. The smallest absolute Gasteiger partial charge is 0.281 e. The lowest BCUT2D eigenvalue weighted by atomic mass is 9.85. The van der Waals surface area contributed by atoms with Gasteiger partial charge in [-0.1, -0.05) is 60.7 Å². The number of nitro benzene ring substituents is 1. The molecule has 1 aromatic heterocycles. The maximum Gasteiger partial charge on any atom is 0.281 e. The summed E-state index contributed by atoms with van der Waals surface area (Å²) in [7, 11) is 1.41. The van der Waals surface area contributed by atoms with Crippen LogP contribution < -0.4 is 10.2 Å². The van der Waals surface area contributed by atoms with Gasteiger partial charge in [0.05, 0.1) is 29.9 Å². The minimum Gasteiger partial charge on any atom is -0.496 e. The van der Waals surface area contributed by atoms with E-state index in [9.17, 15) is 20.0 Å². The Balaban J connectivity index is 1.55. The summed E-state index contributed by atoms with van der Waals surface area (Å²) < 4.78 is 11.0. The third-order valence-electron chi connectivity index (χ3n) is 5.36. The Morgan fingerprint density at radius 3 is 2.23 bits per heavy atom. The van der Waals surface area contributed by atoms with Crippen molar-refractivity contribution < 1.29 is 24.0 Å². The van der Waals surface area contributed by atoms with Gasteiger partial charge >= 0.3 is 0 Å². The molecule has 0 saturated carbocycles. The van der Waals surface area contributed by atoms with Gasteiger partial charge in [-0.3, -0.25) is 14.9 Å². The number of non-ortho nitro benzene ring substituents is 1. The quantitative estimate of drug-likeness (QED) is 0.225. The third-order valence-corrected chi connectivity index (χ3v) is 5.36. The number of rotatable bonds is 8. The number of carbonyl (C=O) groups excluding carboxylic acids is 1. The number of hydrazone groups is 1. The summed E-state index contributed by atoms with van der Waals surface area (Å²) in [5.41, 5.74) is 1.62. The van der Waals surface area contributed by atoms with Gasteiger partial charge in [0.15, 0.2) is 5.60 Å². The van der Waals surface area contributed by atoms with Crippen LogP contribution in [0.3, 0.4) is 0 Å². The van der Waals surface area contributed by atoms with Gasteiger partial charge in [-0.25, -0.2) is 5.43 Å². The summed E-state index contributed by atoms with van der Waals surface area (Å²) in [6.07, 6.45) is 1.29. The molecule has 0 aliphatic carbocycles. The first-order valence-corrected chi connectivity index (χ1v) is 10.5. The zero-order valence-corrected chi connectivity index (χ0v) is 18.6. The molecule has 0 spiro atoms. The van der Waals surface area contributed by atoms with Crippen molar-refractivity contribution in [2.45, 2.75) is 5.60 Å². The molecule has 0 fully saturated rings. The number of methoxy groups -OCH3 is 1. The van der Waals surface area contributed by atoms with Gasteiger partial charge < -0.3 is 14.3 Å². The van der Waals surface area contributed by atoms with Crippen LogP contribution in [-0.2, 0) is 10.4 Å². The van der Waals surface area contributed by atoms with Crippen molar-refractivity contribution in [3.63, 3.8) is 0 Å². The molecular weight excluding hydrogens is 450 g/mol. The number of carbonyl (C=O) groups is 1. The largest absolute Gasteiger partial charge is 0.496 e. The Bertz CT molecular complexity index is 1330. The Labute approximate surface area is 200 Å². The summed E-state index contributed by atoms with van der Waals surface area (Å²) in [5, 5.41) is 26.4. The number of hydrogen-bond donors (Lipinski definition) is 2. The molecule has 3 aromatic carbocycles. The first kappa shape index (κ1) is 23.4. The fraction of sp³-hybridized carbons (Fsp3) is 0.0769. The number of nitro groups is 1. The molecule has 1 amide bonds. The van der Waals surface area contributed by atoms with Gasteiger partial charge in [-0.15, -0.1) is 0 Å². The van der Waals surface area contributed by atoms with Crippen LogP contribution in [0.1, 0.15) is 16.9 Å². The lowest BCUT2D eigenvalue weighted by molar-refractivity contribution is -0.384. The number of amides is 1. The minimum atomic E-state index is -1.96. The highest BCUT2D eigenvalue weighted by Crippen LogP contribution is 2.34. The SMILES string of the molecule is COc1cc([N+](=O)[O-])ccc1-c1ccc(C=NNC(=O)C(O)(c2ccccc2)c2ccccc2)o1. The van der Waals surface area contributed by atoms with Crippen LogP contribution in [0.4, 0.5) is 5.69 Å². The predicted molar refractivity (Wildman–Crippen MR) is 129 cm³/mol. The van der Waals surface area contributed by atoms with E-state index in [1.807, 2.05) is 0 Å². The van der Waals surface area contributed by atoms with Gasteiger partial charge in [0.1, 0.15) is 17.3 Å². The molecule has 35 heavy (non-hydrogen) atoms. The van der Waals surface area contributed by atoms with Gasteiger partial charge in [0, 0.05) is 6.07 Å². The van der Waals surface area contributed by atoms with Crippen molar-refractivity contribution in [1.82, 2.24) is 5.43 Å². The fourth-order valence-electron chi connectivity index (χ4n) is 3.59. The molecule has 176 valence electrons. The molecule has 0 aliphatic rings. The summed E-state index contributed by atoms with van der Waals surface area (Å²) in [6.45, 7) is 0. The summed E-state index contributed by atoms with van der Waals surface area (Å²) in [6, 6.07) is 24.6. The van der Waals surface area contributed by atoms with E-state index in [0.717, 1.165) is 0 Å². The van der Waals surface area contributed by atoms with E-state index >= 15 is 0 Å². The first-order valence-electron chi connectivity index (χ1n) is 10.5. The zero-order valence-electron chi connectivity index (χ0n) is 18.6. The molecule has 9 heteroatoms. The number of nitrogens with zero attached hydrogens (tertiary/aromatic N) is 2. The predicted octanol–water partition coefficient (Wildman–Crippen LogP) is 4.25. The van der Waals surface area contributed by atoms with Crippen LogP contribution in [-0.4, -0.2) is 29.3 Å². The van der Waals surface area contributed by atoms with Crippen molar-refractivity contribution in [3.05, 3.63) is 118 Å². The van der Waals surface area contributed by atoms with E-state index in [1.165, 1.54) is 31.5 Å². The molecule has 0 atom stereocenters. The lowest BCUT2D eigenvalue weighted by Crippen LogP contribution is -2.43. The molecule has 0 radical (unpaired) electrons. The Morgan fingerprint density at radius 1 is 1.03 bits per heavy atom.